The summed E-state index contributed by atoms with van der Waals surface area (Å²) < 4.78 is 18.9. The van der Waals surface area contributed by atoms with Gasteiger partial charge >= 0.3 is 0 Å². The van der Waals surface area contributed by atoms with Crippen LogP contribution >= 0.6 is 11.6 Å². The number of benzene rings is 2. The van der Waals surface area contributed by atoms with Crippen LogP contribution in [0.4, 0.5) is 0 Å². The molecule has 9 nitrogen and oxygen atoms in total. The number of halogens is 1. The zero-order valence-corrected chi connectivity index (χ0v) is 23.5. The van der Waals surface area contributed by atoms with Crippen molar-refractivity contribution in [3.05, 3.63) is 73.7 Å². The molecular weight excluding hydrogens is 548 g/mol. The van der Waals surface area contributed by atoms with E-state index in [4.69, 9.17) is 25.8 Å². The van der Waals surface area contributed by atoms with E-state index in [0.29, 0.717) is 17.8 Å². The van der Waals surface area contributed by atoms with Gasteiger partial charge < -0.3 is 24.1 Å². The summed E-state index contributed by atoms with van der Waals surface area (Å²) >= 11 is 6.57. The molecule has 4 heterocycles. The van der Waals surface area contributed by atoms with Crippen molar-refractivity contribution in [2.75, 3.05) is 14.2 Å². The highest BCUT2D eigenvalue weighted by molar-refractivity contribution is 6.36. The average molecular weight is 575 g/mol. The number of aryl methyl sites for hydroxylation is 2. The summed E-state index contributed by atoms with van der Waals surface area (Å²) in [6, 6.07) is 9.21. The van der Waals surface area contributed by atoms with Gasteiger partial charge in [0.25, 0.3) is 5.56 Å². The minimum Gasteiger partial charge on any atom is -0.496 e. The van der Waals surface area contributed by atoms with E-state index in [9.17, 15) is 19.2 Å². The van der Waals surface area contributed by atoms with E-state index in [2.05, 4.69) is 5.32 Å². The molecule has 41 heavy (non-hydrogen) atoms. The van der Waals surface area contributed by atoms with Gasteiger partial charge in [-0.15, -0.1) is 0 Å². The Balaban J connectivity index is 1.41. The van der Waals surface area contributed by atoms with Gasteiger partial charge in [0.15, 0.2) is 5.75 Å². The largest absolute Gasteiger partial charge is 0.496 e. The molecule has 0 fully saturated rings. The maximum Gasteiger partial charge on any atom is 0.254 e. The lowest BCUT2D eigenvalue weighted by Gasteiger charge is -2.41. The van der Waals surface area contributed by atoms with Crippen molar-refractivity contribution in [1.82, 2.24) is 9.88 Å². The Morgan fingerprint density at radius 3 is 2.59 bits per heavy atom. The molecule has 10 heteroatoms. The van der Waals surface area contributed by atoms with Crippen molar-refractivity contribution in [3.63, 3.8) is 0 Å². The number of methoxy groups -OCH3 is 2. The number of amides is 1. The maximum absolute atomic E-state index is 14.6. The number of hydrogen-bond donors (Lipinski definition) is 1. The first-order chi connectivity index (χ1) is 19.7. The quantitative estimate of drug-likeness (QED) is 0.469. The van der Waals surface area contributed by atoms with Crippen molar-refractivity contribution in [3.8, 4) is 17.2 Å². The van der Waals surface area contributed by atoms with E-state index in [0.717, 1.165) is 29.3 Å². The van der Waals surface area contributed by atoms with Gasteiger partial charge in [-0.2, -0.15) is 0 Å². The number of aromatic nitrogens is 1. The number of nitrogens with one attached hydrogen (secondary N) is 1. The van der Waals surface area contributed by atoms with Crippen LogP contribution < -0.4 is 25.1 Å². The molecule has 0 saturated carbocycles. The number of carbonyl (C=O) groups is 3. The van der Waals surface area contributed by atoms with Crippen LogP contribution in [0.1, 0.15) is 53.6 Å². The fourth-order valence-electron chi connectivity index (χ4n) is 7.09. The number of para-hydroxylation sites is 1. The molecule has 0 saturated heterocycles. The van der Waals surface area contributed by atoms with Gasteiger partial charge in [-0.1, -0.05) is 36.7 Å². The summed E-state index contributed by atoms with van der Waals surface area (Å²) in [5, 5.41) is 3.79. The SMILES string of the molecule is COc1cc(OC)c2c(c1Cl)O[C@@]1(C(=O)C3=C(C[C@H]1C)NC(=O)C[C@@H]3c1cc3cccc4c3n(c1=O)CCC4)C2=O. The standard InChI is InChI=1S/C31H27ClN2O7/c1-14-10-19-23(28(36)31(14)29(37)24-20(39-2)13-21(40-3)25(32)27(24)41-31)17(12-22(35)33-19)18-11-16-7-4-6-15-8-5-9-34(26(15)16)30(18)38/h4,6-7,11,13-14,17H,5,8-10,12H2,1-3H3,(H,33,35)/t14-,17-,31+/m1/s1. The molecule has 0 bridgehead atoms. The van der Waals surface area contributed by atoms with Gasteiger partial charge in [0.2, 0.25) is 23.1 Å². The summed E-state index contributed by atoms with van der Waals surface area (Å²) in [6.45, 7) is 2.28. The van der Waals surface area contributed by atoms with Crippen molar-refractivity contribution in [2.24, 2.45) is 5.92 Å². The summed E-state index contributed by atoms with van der Waals surface area (Å²) in [7, 11) is 2.84. The van der Waals surface area contributed by atoms with E-state index in [1.807, 2.05) is 18.2 Å². The van der Waals surface area contributed by atoms with Gasteiger partial charge in [0.05, 0.1) is 19.7 Å². The maximum atomic E-state index is 14.6. The molecule has 1 aromatic heterocycles. The van der Waals surface area contributed by atoms with Crippen LogP contribution in [0.2, 0.25) is 5.02 Å². The molecule has 1 amide bonds. The number of fused-ring (bicyclic) bond motifs is 1. The Morgan fingerprint density at radius 2 is 1.83 bits per heavy atom. The second-order valence-electron chi connectivity index (χ2n) is 11.1. The fourth-order valence-corrected chi connectivity index (χ4v) is 7.36. The molecule has 1 spiro atoms. The predicted molar refractivity (Wildman–Crippen MR) is 150 cm³/mol. The topological polar surface area (TPSA) is 113 Å². The van der Waals surface area contributed by atoms with Crippen LogP contribution in [-0.2, 0) is 22.6 Å². The van der Waals surface area contributed by atoms with Crippen LogP contribution in [0.15, 0.2) is 46.4 Å². The predicted octanol–water partition coefficient (Wildman–Crippen LogP) is 4.10. The highest BCUT2D eigenvalue weighted by Crippen LogP contribution is 2.55. The number of ether oxygens (including phenoxy) is 3. The van der Waals surface area contributed by atoms with Crippen molar-refractivity contribution in [1.29, 1.82) is 0 Å². The second-order valence-corrected chi connectivity index (χ2v) is 11.5. The smallest absolute Gasteiger partial charge is 0.254 e. The second kappa shape index (κ2) is 8.94. The highest BCUT2D eigenvalue weighted by atomic mass is 35.5. The van der Waals surface area contributed by atoms with Crippen molar-refractivity contribution in [2.45, 2.75) is 50.7 Å². The number of ketones is 2. The molecule has 3 aliphatic heterocycles. The molecule has 0 radical (unpaired) electrons. The van der Waals surface area contributed by atoms with Gasteiger partial charge in [-0.05, 0) is 36.3 Å². The first-order valence-corrected chi connectivity index (χ1v) is 14.0. The van der Waals surface area contributed by atoms with E-state index < -0.39 is 29.0 Å². The number of nitrogens with zero attached hydrogens (tertiary/aromatic N) is 1. The van der Waals surface area contributed by atoms with Crippen LogP contribution in [0.25, 0.3) is 10.9 Å². The number of Topliss-reactive ketones (excluding diaryl/α,β-unsaturated/α-hetero) is 2. The molecule has 1 aliphatic carbocycles. The van der Waals surface area contributed by atoms with Crippen molar-refractivity contribution >= 4 is 40.0 Å². The molecule has 7 rings (SSSR count). The van der Waals surface area contributed by atoms with Crippen LogP contribution in [0.5, 0.6) is 17.2 Å². The highest BCUT2D eigenvalue weighted by Gasteiger charge is 2.63. The van der Waals surface area contributed by atoms with Gasteiger partial charge in [-0.25, -0.2) is 0 Å². The lowest BCUT2D eigenvalue weighted by atomic mass is 9.66. The summed E-state index contributed by atoms with van der Waals surface area (Å²) in [4.78, 5) is 55.7. The normalized spacial score (nSPS) is 24.7. The molecule has 1 N–H and O–H groups in total. The fraction of sp³-hybridized carbons (Fsp3) is 0.355. The molecule has 2 aromatic carbocycles. The average Bonchev–Trinajstić information content (AvgIpc) is 3.28. The summed E-state index contributed by atoms with van der Waals surface area (Å²) in [5.74, 6) is -2.48. The van der Waals surface area contributed by atoms with Crippen molar-refractivity contribution < 1.29 is 28.6 Å². The monoisotopic (exact) mass is 574 g/mol. The summed E-state index contributed by atoms with van der Waals surface area (Å²) in [5.41, 5.74) is 0.907. The lowest BCUT2D eigenvalue weighted by Crippen LogP contribution is -2.59. The van der Waals surface area contributed by atoms with Crippen LogP contribution in [0, 0.1) is 5.92 Å². The lowest BCUT2D eigenvalue weighted by molar-refractivity contribution is -0.131. The number of pyridine rings is 1. The zero-order chi connectivity index (χ0) is 28.8. The Kier molecular flexibility index (Phi) is 5.64. The van der Waals surface area contributed by atoms with E-state index >= 15 is 0 Å². The van der Waals surface area contributed by atoms with Crippen LogP contribution in [0.3, 0.4) is 0 Å². The van der Waals surface area contributed by atoms with E-state index in [1.165, 1.54) is 20.3 Å². The Labute approximate surface area is 240 Å². The number of hydrogen-bond acceptors (Lipinski definition) is 7. The zero-order valence-electron chi connectivity index (χ0n) is 22.8. The number of allylic oxidation sites excluding steroid dienone is 1. The molecule has 3 aromatic rings. The molecule has 210 valence electrons. The first-order valence-electron chi connectivity index (χ1n) is 13.6. The Bertz CT molecular complexity index is 1820. The van der Waals surface area contributed by atoms with Gasteiger partial charge in [-0.3, -0.25) is 19.2 Å². The third-order valence-electron chi connectivity index (χ3n) is 8.99. The summed E-state index contributed by atoms with van der Waals surface area (Å²) in [6.07, 6.45) is 1.79. The minimum absolute atomic E-state index is 0.0243. The number of rotatable bonds is 3. The number of carbonyl (C=O) groups excluding carboxylic acids is 3. The minimum atomic E-state index is -1.93. The third-order valence-corrected chi connectivity index (χ3v) is 9.34. The molecule has 0 unspecified atom stereocenters. The van der Waals surface area contributed by atoms with Crippen LogP contribution in [-0.4, -0.2) is 41.9 Å². The molecular formula is C31H27ClN2O7. The van der Waals surface area contributed by atoms with E-state index in [1.54, 1.807) is 17.6 Å². The molecule has 3 atom stereocenters. The van der Waals surface area contributed by atoms with E-state index in [-0.39, 0.29) is 57.7 Å². The van der Waals surface area contributed by atoms with Gasteiger partial charge in [0, 0.05) is 47.7 Å². The molecule has 4 aliphatic rings. The Hall–Kier alpha value is -4.11. The third kappa shape index (κ3) is 3.35. The van der Waals surface area contributed by atoms with Gasteiger partial charge in [0.1, 0.15) is 22.1 Å². The first kappa shape index (κ1) is 25.8. The Morgan fingerprint density at radius 1 is 1.05 bits per heavy atom.